The molecule has 1 N–H and O–H groups in total. The first-order valence-corrected chi connectivity index (χ1v) is 8.44. The number of hydrogen-bond donors (Lipinski definition) is 1. The van der Waals surface area contributed by atoms with E-state index in [0.717, 1.165) is 24.9 Å². The average Bonchev–Trinajstić information content (AvgIpc) is 2.58. The monoisotopic (exact) mass is 320 g/mol. The van der Waals surface area contributed by atoms with E-state index in [4.69, 9.17) is 4.74 Å². The molecule has 128 valence electrons. The second kappa shape index (κ2) is 8.89. The Morgan fingerprint density at radius 2 is 2.13 bits per heavy atom. The van der Waals surface area contributed by atoms with Crippen LogP contribution in [0.5, 0.6) is 0 Å². The first kappa shape index (κ1) is 17.8. The number of piperidine rings is 1. The van der Waals surface area contributed by atoms with Gasteiger partial charge in [0, 0.05) is 31.7 Å². The normalized spacial score (nSPS) is 18.5. The van der Waals surface area contributed by atoms with E-state index in [1.807, 2.05) is 30.3 Å². The van der Waals surface area contributed by atoms with Crippen molar-refractivity contribution in [2.75, 3.05) is 26.2 Å². The summed E-state index contributed by atoms with van der Waals surface area (Å²) in [7, 11) is 0. The third-order valence-electron chi connectivity index (χ3n) is 4.35. The fourth-order valence-corrected chi connectivity index (χ4v) is 3.18. The Bertz CT molecular complexity index is 478. The summed E-state index contributed by atoms with van der Waals surface area (Å²) < 4.78 is 5.44. The van der Waals surface area contributed by atoms with Crippen molar-refractivity contribution < 1.29 is 14.6 Å². The molecule has 5 heteroatoms. The van der Waals surface area contributed by atoms with Crippen LogP contribution in [0.3, 0.4) is 0 Å². The van der Waals surface area contributed by atoms with Gasteiger partial charge in [0.2, 0.25) is 0 Å². The van der Waals surface area contributed by atoms with Crippen molar-refractivity contribution in [2.24, 2.45) is 0 Å². The van der Waals surface area contributed by atoms with Gasteiger partial charge < -0.3 is 14.7 Å². The second-order valence-corrected chi connectivity index (χ2v) is 6.34. The van der Waals surface area contributed by atoms with E-state index in [1.54, 1.807) is 4.90 Å². The summed E-state index contributed by atoms with van der Waals surface area (Å²) in [5.74, 6) is 0. The van der Waals surface area contributed by atoms with Crippen LogP contribution in [0.1, 0.15) is 32.3 Å². The molecule has 1 amide bonds. The van der Waals surface area contributed by atoms with Gasteiger partial charge >= 0.3 is 6.09 Å². The Hall–Kier alpha value is -1.59. The first-order chi connectivity index (χ1) is 11.1. The summed E-state index contributed by atoms with van der Waals surface area (Å²) in [6.07, 6.45) is 1.78. The van der Waals surface area contributed by atoms with Crippen LogP contribution in [0.25, 0.3) is 0 Å². The molecule has 0 spiro atoms. The van der Waals surface area contributed by atoms with E-state index in [0.29, 0.717) is 31.8 Å². The van der Waals surface area contributed by atoms with Crippen molar-refractivity contribution in [3.05, 3.63) is 35.9 Å². The Morgan fingerprint density at radius 3 is 2.78 bits per heavy atom. The molecule has 0 bridgehead atoms. The lowest BCUT2D eigenvalue weighted by atomic mass is 10.0. The molecule has 5 nitrogen and oxygen atoms in total. The summed E-state index contributed by atoms with van der Waals surface area (Å²) in [6.45, 7) is 6.78. The molecular formula is C18H28N2O3. The number of ether oxygens (including phenoxy) is 1. The largest absolute Gasteiger partial charge is 0.445 e. The van der Waals surface area contributed by atoms with Crippen LogP contribution in [0.15, 0.2) is 30.3 Å². The van der Waals surface area contributed by atoms with Crippen LogP contribution in [-0.2, 0) is 11.3 Å². The smallest absolute Gasteiger partial charge is 0.410 e. The number of benzene rings is 1. The number of hydrogen-bond acceptors (Lipinski definition) is 4. The molecule has 0 radical (unpaired) electrons. The molecule has 23 heavy (non-hydrogen) atoms. The molecule has 0 aromatic heterocycles. The molecule has 1 aliphatic rings. The van der Waals surface area contributed by atoms with Crippen molar-refractivity contribution in [1.82, 2.24) is 9.80 Å². The average molecular weight is 320 g/mol. The highest BCUT2D eigenvalue weighted by atomic mass is 16.6. The molecule has 2 rings (SSSR count). The zero-order chi connectivity index (χ0) is 16.7. The Labute approximate surface area is 138 Å². The van der Waals surface area contributed by atoms with E-state index < -0.39 is 0 Å². The number of likely N-dealkylation sites (tertiary alicyclic amines) is 1. The van der Waals surface area contributed by atoms with Crippen molar-refractivity contribution in [3.8, 4) is 0 Å². The quantitative estimate of drug-likeness (QED) is 0.875. The molecule has 1 aliphatic heterocycles. The van der Waals surface area contributed by atoms with Crippen molar-refractivity contribution in [1.29, 1.82) is 0 Å². The molecule has 1 aromatic rings. The van der Waals surface area contributed by atoms with Gasteiger partial charge in [-0.2, -0.15) is 0 Å². The number of aliphatic hydroxyl groups excluding tert-OH is 1. The third-order valence-corrected chi connectivity index (χ3v) is 4.35. The molecule has 1 fully saturated rings. The van der Waals surface area contributed by atoms with Gasteiger partial charge in [-0.05, 0) is 32.3 Å². The lowest BCUT2D eigenvalue weighted by molar-refractivity contribution is 0.0438. The zero-order valence-corrected chi connectivity index (χ0v) is 14.1. The summed E-state index contributed by atoms with van der Waals surface area (Å²) in [5.41, 5.74) is 0.999. The lowest BCUT2D eigenvalue weighted by Crippen LogP contribution is -2.52. The minimum Gasteiger partial charge on any atom is -0.445 e. The fourth-order valence-electron chi connectivity index (χ4n) is 3.18. The van der Waals surface area contributed by atoms with Gasteiger partial charge in [0.1, 0.15) is 6.61 Å². The molecule has 1 heterocycles. The predicted octanol–water partition coefficient (Wildman–Crippen LogP) is 2.49. The van der Waals surface area contributed by atoms with Crippen LogP contribution in [-0.4, -0.2) is 59.3 Å². The Morgan fingerprint density at radius 1 is 1.39 bits per heavy atom. The molecule has 0 saturated carbocycles. The van der Waals surface area contributed by atoms with Crippen LogP contribution in [0, 0.1) is 0 Å². The van der Waals surface area contributed by atoms with Crippen LogP contribution in [0.2, 0.25) is 0 Å². The maximum absolute atomic E-state index is 12.3. The number of carbonyl (C=O) groups excluding carboxylic acids is 1. The molecular weight excluding hydrogens is 292 g/mol. The van der Waals surface area contributed by atoms with E-state index in [9.17, 15) is 9.90 Å². The Balaban J connectivity index is 1.88. The number of carbonyl (C=O) groups is 1. The van der Waals surface area contributed by atoms with Crippen LogP contribution in [0.4, 0.5) is 4.79 Å². The molecule has 1 unspecified atom stereocenters. The summed E-state index contributed by atoms with van der Waals surface area (Å²) >= 11 is 0. The number of amides is 1. The number of nitrogens with zero attached hydrogens (tertiary/aromatic N) is 2. The summed E-state index contributed by atoms with van der Waals surface area (Å²) in [6, 6.07) is 10.4. The highest BCUT2D eigenvalue weighted by Crippen LogP contribution is 2.19. The van der Waals surface area contributed by atoms with Crippen molar-refractivity contribution in [2.45, 2.75) is 45.4 Å². The second-order valence-electron chi connectivity index (χ2n) is 6.34. The first-order valence-electron chi connectivity index (χ1n) is 8.44. The highest BCUT2D eigenvalue weighted by Gasteiger charge is 2.29. The standard InChI is InChI=1S/C18H28N2O3/c1-15(2)20(11-12-21)17-9-6-10-19(13-17)18(22)23-14-16-7-4-3-5-8-16/h3-5,7-8,15,17,21H,6,9-14H2,1-2H3. The van der Waals surface area contributed by atoms with E-state index in [-0.39, 0.29) is 12.7 Å². The van der Waals surface area contributed by atoms with Gasteiger partial charge in [0.05, 0.1) is 6.61 Å². The topological polar surface area (TPSA) is 53.0 Å². The van der Waals surface area contributed by atoms with Crippen molar-refractivity contribution >= 4 is 6.09 Å². The minimum atomic E-state index is -0.244. The Kier molecular flexibility index (Phi) is 6.86. The van der Waals surface area contributed by atoms with E-state index in [1.165, 1.54) is 0 Å². The van der Waals surface area contributed by atoms with Crippen LogP contribution < -0.4 is 0 Å². The van der Waals surface area contributed by atoms with Gasteiger partial charge in [0.15, 0.2) is 0 Å². The van der Waals surface area contributed by atoms with E-state index >= 15 is 0 Å². The highest BCUT2D eigenvalue weighted by molar-refractivity contribution is 5.67. The lowest BCUT2D eigenvalue weighted by Gasteiger charge is -2.40. The van der Waals surface area contributed by atoms with Gasteiger partial charge in [-0.15, -0.1) is 0 Å². The molecule has 1 atom stereocenters. The summed E-state index contributed by atoms with van der Waals surface area (Å²) in [5, 5.41) is 9.25. The zero-order valence-electron chi connectivity index (χ0n) is 14.1. The van der Waals surface area contributed by atoms with Gasteiger partial charge in [-0.1, -0.05) is 30.3 Å². The van der Waals surface area contributed by atoms with Crippen molar-refractivity contribution in [3.63, 3.8) is 0 Å². The van der Waals surface area contributed by atoms with Gasteiger partial charge in [-0.3, -0.25) is 4.90 Å². The maximum Gasteiger partial charge on any atom is 0.410 e. The maximum atomic E-state index is 12.3. The SMILES string of the molecule is CC(C)N(CCO)C1CCCN(C(=O)OCc2ccccc2)C1. The minimum absolute atomic E-state index is 0.146. The van der Waals surface area contributed by atoms with E-state index in [2.05, 4.69) is 18.7 Å². The summed E-state index contributed by atoms with van der Waals surface area (Å²) in [4.78, 5) is 16.4. The number of aliphatic hydroxyl groups is 1. The van der Waals surface area contributed by atoms with Gasteiger partial charge in [0.25, 0.3) is 0 Å². The molecule has 1 saturated heterocycles. The van der Waals surface area contributed by atoms with Gasteiger partial charge in [-0.25, -0.2) is 4.79 Å². The molecule has 0 aliphatic carbocycles. The molecule has 1 aromatic carbocycles. The third kappa shape index (κ3) is 5.22. The predicted molar refractivity (Wildman–Crippen MR) is 90.1 cm³/mol. The fraction of sp³-hybridized carbons (Fsp3) is 0.611. The number of rotatable bonds is 6. The van der Waals surface area contributed by atoms with Crippen LogP contribution >= 0.6 is 0 Å².